The van der Waals surface area contributed by atoms with Crippen LogP contribution < -0.4 is 0 Å². The molecule has 3 aliphatic heterocycles. The summed E-state index contributed by atoms with van der Waals surface area (Å²) in [6.45, 7) is 55.3. The lowest BCUT2D eigenvalue weighted by Crippen LogP contribution is -2.42. The summed E-state index contributed by atoms with van der Waals surface area (Å²) in [6, 6.07) is 37.2. The number of aryl methyl sites for hydroxylation is 16. The molecule has 9 nitrogen and oxygen atoms in total. The highest BCUT2D eigenvalue weighted by Gasteiger charge is 2.14. The van der Waals surface area contributed by atoms with Crippen LogP contribution in [0.3, 0.4) is 0 Å². The first kappa shape index (κ1) is 142. The molecule has 1 saturated carbocycles. The highest BCUT2D eigenvalue weighted by atomic mass is 32.1. The van der Waals surface area contributed by atoms with E-state index < -0.39 is 0 Å². The second-order valence-corrected chi connectivity index (χ2v) is 31.6. The molecule has 2 aliphatic carbocycles. The number of rotatable bonds is 0. The number of furan rings is 1. The molecular formula is C105H198F2N8OS. The largest absolute Gasteiger partial charge is 0.467 e. The number of nitrogens with zero attached hydrogens (tertiary/aromatic N) is 7. The molecule has 0 radical (unpaired) electrons. The van der Waals surface area contributed by atoms with Gasteiger partial charge in [-0.25, -0.2) is 8.78 Å². The Kier molecular flexibility index (Phi) is 101. The molecule has 5 aromatic heterocycles. The number of aromatic nitrogens is 4. The van der Waals surface area contributed by atoms with Gasteiger partial charge in [0, 0.05) is 78.5 Å². The number of piperidine rings is 1. The first-order valence-electron chi connectivity index (χ1n) is 37.9. The SMILES string of the molecule is C.C.C.C.C.C.C.C.C.C.C.C.C.C.CC1=CCC(C)CC1.CC1=CCN(C)CC1.CC1CCC(C)CC1.CC1CCN(C)CC1.CN1CCN(C)CC1.Cc1cc(C)[nH]n1.Cc1ccc(C)c(F)c1.Cc1ccc(C)c(F)c1.Cc1ccc(C)cc1.Cc1ccc(C)nc1.Cc1ccc(C)nc1.Cc1ccc(C)o1.Cc1ccc(C)s1. The van der Waals surface area contributed by atoms with Gasteiger partial charge in [-0.2, -0.15) is 5.10 Å². The summed E-state index contributed by atoms with van der Waals surface area (Å²) in [5, 5.41) is 6.71. The van der Waals surface area contributed by atoms with E-state index in [-0.39, 0.29) is 116 Å². The van der Waals surface area contributed by atoms with Gasteiger partial charge >= 0.3 is 0 Å². The van der Waals surface area contributed by atoms with Crippen molar-refractivity contribution in [3.8, 4) is 0 Å². The molecule has 12 heteroatoms. The van der Waals surface area contributed by atoms with Crippen LogP contribution in [0.2, 0.25) is 0 Å². The Morgan fingerprint density at radius 2 is 0.684 bits per heavy atom. The van der Waals surface area contributed by atoms with E-state index in [4.69, 9.17) is 4.42 Å². The number of halogens is 2. The van der Waals surface area contributed by atoms with E-state index >= 15 is 0 Å². The first-order valence-corrected chi connectivity index (χ1v) is 38.8. The van der Waals surface area contributed by atoms with Crippen molar-refractivity contribution in [1.29, 1.82) is 0 Å². The second-order valence-electron chi connectivity index (χ2n) is 30.1. The van der Waals surface area contributed by atoms with Crippen LogP contribution in [-0.4, -0.2) is 120 Å². The molecule has 1 unspecified atom stereocenters. The number of likely N-dealkylation sites (N-methyl/N-ethyl adjacent to an activating group) is 3. The number of likely N-dealkylation sites (tertiary alicyclic amines) is 1. The summed E-state index contributed by atoms with van der Waals surface area (Å²) >= 11 is 1.84. The van der Waals surface area contributed by atoms with E-state index in [1.807, 2.05) is 135 Å². The number of thiophene rings is 1. The van der Waals surface area contributed by atoms with Gasteiger partial charge in [-0.05, 0) is 316 Å². The number of H-pyrrole nitrogens is 1. The van der Waals surface area contributed by atoms with E-state index in [0.29, 0.717) is 11.1 Å². The van der Waals surface area contributed by atoms with Crippen molar-refractivity contribution in [2.45, 2.75) is 321 Å². The van der Waals surface area contributed by atoms with Crippen LogP contribution in [0.1, 0.15) is 298 Å². The molecule has 0 bridgehead atoms. The zero-order valence-corrected chi connectivity index (χ0v) is 70.3. The Balaban J connectivity index is -0.0000000811. The van der Waals surface area contributed by atoms with Gasteiger partial charge < -0.3 is 24.0 Å². The number of allylic oxidation sites excluding steroid dienone is 2. The zero-order valence-electron chi connectivity index (χ0n) is 69.5. The Morgan fingerprint density at radius 1 is 0.342 bits per heavy atom. The molecule has 3 fully saturated rings. The number of nitrogens with one attached hydrogen (secondary N) is 1. The minimum absolute atomic E-state index is 0. The monoisotopic (exact) mass is 1660 g/mol. The fraction of sp³-hybridized carbons (Fsp3) is 0.590. The molecule has 3 aromatic carbocycles. The molecule has 8 aromatic rings. The van der Waals surface area contributed by atoms with Crippen molar-refractivity contribution in [1.82, 2.24) is 39.8 Å². The van der Waals surface area contributed by atoms with Gasteiger partial charge in [0.2, 0.25) is 0 Å². The lowest BCUT2D eigenvalue weighted by Gasteiger charge is -2.28. The van der Waals surface area contributed by atoms with Gasteiger partial charge in [-0.15, -0.1) is 11.3 Å². The molecule has 0 amide bonds. The molecule has 8 heterocycles. The van der Waals surface area contributed by atoms with Crippen molar-refractivity contribution in [3.63, 3.8) is 0 Å². The second kappa shape index (κ2) is 83.0. The third-order valence-electron chi connectivity index (χ3n) is 18.2. The van der Waals surface area contributed by atoms with Crippen molar-refractivity contribution < 1.29 is 13.2 Å². The smallest absolute Gasteiger partial charge is 0.126 e. The first-order chi connectivity index (χ1) is 48.6. The number of benzene rings is 3. The van der Waals surface area contributed by atoms with E-state index in [1.165, 1.54) is 154 Å². The summed E-state index contributed by atoms with van der Waals surface area (Å²) in [5.74, 6) is 5.70. The van der Waals surface area contributed by atoms with Gasteiger partial charge in [0.25, 0.3) is 0 Å². The molecule has 13 rings (SSSR count). The van der Waals surface area contributed by atoms with Crippen molar-refractivity contribution >= 4 is 11.3 Å². The maximum Gasteiger partial charge on any atom is 0.126 e. The predicted octanol–water partition coefficient (Wildman–Crippen LogP) is 32.8. The number of hydrogen-bond donors (Lipinski definition) is 1. The summed E-state index contributed by atoms with van der Waals surface area (Å²) in [6.07, 6.45) is 22.4. The molecule has 1 atom stereocenters. The fourth-order valence-corrected chi connectivity index (χ4v) is 11.0. The normalized spacial score (nSPS) is 15.0. The number of pyridine rings is 2. The molecule has 684 valence electrons. The van der Waals surface area contributed by atoms with Crippen LogP contribution in [0, 0.1) is 146 Å². The Bertz CT molecular complexity index is 3010. The van der Waals surface area contributed by atoms with Crippen LogP contribution >= 0.6 is 11.3 Å². The van der Waals surface area contributed by atoms with Crippen LogP contribution in [-0.2, 0) is 0 Å². The third kappa shape index (κ3) is 78.9. The Hall–Kier alpha value is -6.67. The quantitative estimate of drug-likeness (QED) is 0.150. The van der Waals surface area contributed by atoms with E-state index in [9.17, 15) is 8.78 Å². The Labute approximate surface area is 735 Å². The number of aromatic amines is 1. The van der Waals surface area contributed by atoms with Gasteiger partial charge in [0.15, 0.2) is 0 Å². The van der Waals surface area contributed by atoms with Gasteiger partial charge in [-0.3, -0.25) is 15.1 Å². The molecule has 5 aliphatic rings. The average molecular weight is 1660 g/mol. The summed E-state index contributed by atoms with van der Waals surface area (Å²) < 4.78 is 30.2. The van der Waals surface area contributed by atoms with E-state index in [0.717, 1.165) is 75.6 Å². The Morgan fingerprint density at radius 3 is 0.897 bits per heavy atom. The lowest BCUT2D eigenvalue weighted by atomic mass is 9.84. The number of hydrogen-bond acceptors (Lipinski definition) is 9. The molecule has 1 N–H and O–H groups in total. The fourth-order valence-electron chi connectivity index (χ4n) is 10.2. The van der Waals surface area contributed by atoms with E-state index in [2.05, 4.69) is 198 Å². The van der Waals surface area contributed by atoms with Gasteiger partial charge in [0.05, 0.1) is 5.69 Å². The maximum absolute atomic E-state index is 12.6. The number of piperazine rings is 1. The zero-order chi connectivity index (χ0) is 77.4. The van der Waals surface area contributed by atoms with Crippen LogP contribution in [0.4, 0.5) is 8.78 Å². The summed E-state index contributed by atoms with van der Waals surface area (Å²) in [4.78, 5) is 20.4. The van der Waals surface area contributed by atoms with Crippen molar-refractivity contribution in [2.75, 3.05) is 80.5 Å². The summed E-state index contributed by atoms with van der Waals surface area (Å²) in [7, 11) is 8.70. The van der Waals surface area contributed by atoms with Crippen LogP contribution in [0.15, 0.2) is 155 Å². The van der Waals surface area contributed by atoms with Gasteiger partial charge in [-0.1, -0.05) is 252 Å². The highest BCUT2D eigenvalue weighted by molar-refractivity contribution is 7.11. The third-order valence-corrected chi connectivity index (χ3v) is 19.1. The molecule has 2 saturated heterocycles. The van der Waals surface area contributed by atoms with Crippen molar-refractivity contribution in [2.24, 2.45) is 23.7 Å². The molecule has 0 spiro atoms. The minimum atomic E-state index is -0.116. The predicted molar refractivity (Wildman–Crippen MR) is 540 cm³/mol. The maximum atomic E-state index is 12.6. The van der Waals surface area contributed by atoms with Crippen molar-refractivity contribution in [3.05, 3.63) is 251 Å². The van der Waals surface area contributed by atoms with E-state index in [1.54, 1.807) is 37.1 Å². The topological polar surface area (TPSA) is 80.6 Å². The van der Waals surface area contributed by atoms with Gasteiger partial charge in [0.1, 0.15) is 23.2 Å². The molecule has 117 heavy (non-hydrogen) atoms. The summed E-state index contributed by atoms with van der Waals surface area (Å²) in [5.41, 5.74) is 15.9. The van der Waals surface area contributed by atoms with Crippen LogP contribution in [0.5, 0.6) is 0 Å². The molecular weight excluding hydrogens is 1460 g/mol. The average Bonchev–Trinajstić information content (AvgIpc) is 1.63. The highest BCUT2D eigenvalue weighted by Crippen LogP contribution is 2.27. The van der Waals surface area contributed by atoms with Crippen LogP contribution in [0.25, 0.3) is 0 Å². The standard InChI is InChI=1S/2C8H9F.C8H16.C8H14.C8H10.C7H15N.C7H13N.2C7H9N.C6H14N2.C6H8O.C6H8S.C5H8N2.14CH4/c2*1-6-3-4-7(2)8(9)5-6;5*1-7-3-5-8(2)6-4-7;2*1-6-3-4-7(2)8-5-6;1-7-3-5-8(2)6-4-7;2*1-5-3-4-6(2)7-5;1-4-3-5(2)7-6-4;;;;;;;;;;;;;;/h2*3-5H,1-2H3;7-8H,3-6H2,1-2H3;3,8H,4-6H2,1-2H3;3-6H,1-2H3;7H,3-6H2,1-2H3;3H,4-6H2,1-2H3;2*3-5H,1-2H3;3-6H2,1-2H3;2*3-4H,1-2H3;3H,1-2H3,(H,6,7);14*1H4. The minimum Gasteiger partial charge on any atom is -0.467 e. The lowest BCUT2D eigenvalue weighted by molar-refractivity contribution is 0.181.